The highest BCUT2D eigenvalue weighted by atomic mass is 32.2. The van der Waals surface area contributed by atoms with Crippen molar-refractivity contribution in [3.05, 3.63) is 29.8 Å². The Kier molecular flexibility index (Phi) is 3.42. The van der Waals surface area contributed by atoms with Crippen LogP contribution in [-0.2, 0) is 11.3 Å². The predicted molar refractivity (Wildman–Crippen MR) is 52.5 cm³/mol. The van der Waals surface area contributed by atoms with Crippen LogP contribution in [0, 0.1) is 0 Å². The summed E-state index contributed by atoms with van der Waals surface area (Å²) in [6, 6.07) is 7.57. The average molecular weight is 183 g/mol. The number of hydrogen-bond acceptors (Lipinski definition) is 3. The fourth-order valence-electron chi connectivity index (χ4n) is 0.863. The van der Waals surface area contributed by atoms with E-state index >= 15 is 0 Å². The van der Waals surface area contributed by atoms with Gasteiger partial charge in [0.05, 0.1) is 6.61 Å². The lowest BCUT2D eigenvalue weighted by molar-refractivity contribution is 0.185. The van der Waals surface area contributed by atoms with Crippen molar-refractivity contribution in [3.8, 4) is 5.75 Å². The second-order valence-corrected chi connectivity index (χ2v) is 2.62. The molecule has 0 heterocycles. The zero-order valence-electron chi connectivity index (χ0n) is 7.82. The summed E-state index contributed by atoms with van der Waals surface area (Å²) >= 11 is 0.991. The van der Waals surface area contributed by atoms with Crippen LogP contribution in [0.3, 0.4) is 0 Å². The van der Waals surface area contributed by atoms with Crippen LogP contribution in [-0.4, -0.2) is 15.5 Å². The molecule has 0 aliphatic heterocycles. The Hall–Kier alpha value is -0.605. The van der Waals surface area contributed by atoms with Crippen molar-refractivity contribution < 1.29 is 8.92 Å². The lowest BCUT2D eigenvalue weighted by atomic mass is 10.2. The fraction of sp³-hybridized carbons (Fsp3) is 0.250. The second-order valence-electron chi connectivity index (χ2n) is 2.26. The average Bonchev–Trinajstić information content (AvgIpc) is 2.17. The van der Waals surface area contributed by atoms with E-state index in [0.29, 0.717) is 6.61 Å². The highest BCUT2D eigenvalue weighted by Gasteiger charge is 1.93. The molecule has 2 nitrogen and oxygen atoms in total. The maximum absolute atomic E-state index is 6.75. The van der Waals surface area contributed by atoms with Crippen molar-refractivity contribution >= 4 is 19.0 Å². The Labute approximate surface area is 79.1 Å². The molecule has 0 N–H and O–H groups in total. The summed E-state index contributed by atoms with van der Waals surface area (Å²) in [5.41, 5.74) is 1.11. The third kappa shape index (κ3) is 2.79. The molecule has 1 aromatic rings. The van der Waals surface area contributed by atoms with Crippen molar-refractivity contribution in [3.63, 3.8) is 0 Å². The molecule has 0 fully saturated rings. The molecule has 0 amide bonds. The van der Waals surface area contributed by atoms with Crippen molar-refractivity contribution in [1.82, 2.24) is 0 Å². The molecule has 1 radical (unpaired) electrons. The molecule has 0 bridgehead atoms. The Balaban J connectivity index is 2.48. The first kappa shape index (κ1) is 8.01. The van der Waals surface area contributed by atoms with Gasteiger partial charge in [0.15, 0.2) is 0 Å². The van der Waals surface area contributed by atoms with E-state index in [1.54, 1.807) is 7.11 Å². The van der Waals surface area contributed by atoms with Crippen molar-refractivity contribution in [2.75, 3.05) is 7.11 Å². The number of benzene rings is 1. The Morgan fingerprint density at radius 3 is 2.83 bits per heavy atom. The van der Waals surface area contributed by atoms with Gasteiger partial charge in [-0.05, 0) is 30.9 Å². The third-order valence-electron chi connectivity index (χ3n) is 1.38. The van der Waals surface area contributed by atoms with Gasteiger partial charge in [0.25, 0.3) is 0 Å². The van der Waals surface area contributed by atoms with E-state index in [0.717, 1.165) is 30.3 Å². The summed E-state index contributed by atoms with van der Waals surface area (Å²) < 4.78 is 16.8. The number of methoxy groups -OCH3 is 1. The van der Waals surface area contributed by atoms with Crippen LogP contribution in [0.5, 0.6) is 5.75 Å². The second kappa shape index (κ2) is 5.11. The van der Waals surface area contributed by atoms with Crippen LogP contribution in [0.1, 0.15) is 5.56 Å². The van der Waals surface area contributed by atoms with Gasteiger partial charge in [-0.2, -0.15) is 0 Å². The molecular weight excluding hydrogens is 171 g/mol. The topological polar surface area (TPSA) is 18.5 Å². The minimum absolute atomic E-state index is 0.609. The Morgan fingerprint density at radius 2 is 2.25 bits per heavy atom. The normalized spacial score (nSPS) is 10.6. The van der Waals surface area contributed by atoms with Crippen LogP contribution in [0.4, 0.5) is 0 Å². The zero-order chi connectivity index (χ0) is 9.52. The van der Waals surface area contributed by atoms with Crippen LogP contribution < -0.4 is 4.18 Å². The molecule has 0 spiro atoms. The van der Waals surface area contributed by atoms with Crippen LogP contribution in [0.15, 0.2) is 24.3 Å². The monoisotopic (exact) mass is 183 g/mol. The van der Waals surface area contributed by atoms with Crippen LogP contribution in [0.25, 0.3) is 0 Å². The molecule has 1 aromatic carbocycles. The Bertz CT molecular complexity index is 242. The minimum Gasteiger partial charge on any atom is -0.439 e. The van der Waals surface area contributed by atoms with Crippen LogP contribution >= 0.6 is 11.9 Å². The molecule has 4 heteroatoms. The van der Waals surface area contributed by atoms with Gasteiger partial charge in [-0.25, -0.2) is 0 Å². The summed E-state index contributed by atoms with van der Waals surface area (Å²) in [5.74, 6) is 0.744. The van der Waals surface area contributed by atoms with Gasteiger partial charge in [-0.3, -0.25) is 0 Å². The van der Waals surface area contributed by atoms with Crippen LogP contribution in [0.2, 0.25) is 0 Å². The maximum atomic E-state index is 6.75. The SMILES string of the molecule is [3H][B]SOc1ccc(COC)cc1. The molecule has 12 heavy (non-hydrogen) atoms. The first-order valence-corrected chi connectivity index (χ1v) is 4.28. The highest BCUT2D eigenvalue weighted by molar-refractivity contribution is 8.16. The molecule has 0 atom stereocenters. The predicted octanol–water partition coefficient (Wildman–Crippen LogP) is 1.68. The first-order chi connectivity index (χ1) is 6.36. The van der Waals surface area contributed by atoms with E-state index in [-0.39, 0.29) is 0 Å². The third-order valence-corrected chi connectivity index (χ3v) is 1.67. The smallest absolute Gasteiger partial charge is 0.227 e. The molecule has 0 aliphatic carbocycles. The minimum atomic E-state index is 0.609. The summed E-state index contributed by atoms with van der Waals surface area (Å²) in [6.07, 6.45) is 0. The van der Waals surface area contributed by atoms with Gasteiger partial charge in [0.1, 0.15) is 5.75 Å². The molecule has 0 aliphatic rings. The van der Waals surface area contributed by atoms with E-state index in [1.165, 1.54) is 0 Å². The van der Waals surface area contributed by atoms with E-state index in [9.17, 15) is 0 Å². The first-order valence-electron chi connectivity index (χ1n) is 4.06. The molecule has 1 rings (SSSR count). The van der Waals surface area contributed by atoms with Gasteiger partial charge in [0, 0.05) is 7.11 Å². The van der Waals surface area contributed by atoms with E-state index in [2.05, 4.69) is 0 Å². The largest absolute Gasteiger partial charge is 0.439 e. The lowest BCUT2D eigenvalue weighted by Gasteiger charge is -2.02. The fourth-order valence-corrected chi connectivity index (χ4v) is 1.09. The molecular formula is C8H10BO2S. The molecule has 0 unspecified atom stereocenters. The molecule has 0 saturated carbocycles. The quantitative estimate of drug-likeness (QED) is 0.511. The highest BCUT2D eigenvalue weighted by Crippen LogP contribution is 2.15. The van der Waals surface area contributed by atoms with Gasteiger partial charge in [-0.1, -0.05) is 12.1 Å². The van der Waals surface area contributed by atoms with E-state index in [1.807, 2.05) is 24.3 Å². The van der Waals surface area contributed by atoms with Gasteiger partial charge in [-0.15, -0.1) is 0 Å². The van der Waals surface area contributed by atoms with Crippen molar-refractivity contribution in [1.29, 1.82) is 1.34 Å². The number of hydrogen-bond donors (Lipinski definition) is 0. The molecule has 63 valence electrons. The summed E-state index contributed by atoms with van der Waals surface area (Å²) in [7, 11) is 2.80. The van der Waals surface area contributed by atoms with Gasteiger partial charge >= 0.3 is 0 Å². The van der Waals surface area contributed by atoms with E-state index < -0.39 is 0 Å². The molecule has 0 aromatic heterocycles. The van der Waals surface area contributed by atoms with Crippen molar-refractivity contribution in [2.45, 2.75) is 6.61 Å². The Morgan fingerprint density at radius 1 is 1.50 bits per heavy atom. The van der Waals surface area contributed by atoms with Gasteiger partial charge in [0.2, 0.25) is 7.09 Å². The lowest BCUT2D eigenvalue weighted by Crippen LogP contribution is -1.87. The summed E-state index contributed by atoms with van der Waals surface area (Å²) in [6.45, 7) is 0.609. The summed E-state index contributed by atoms with van der Waals surface area (Å²) in [5, 5.41) is 0. The number of ether oxygens (including phenoxy) is 1. The zero-order valence-corrected chi connectivity index (χ0v) is 7.64. The summed E-state index contributed by atoms with van der Waals surface area (Å²) in [4.78, 5) is 0. The van der Waals surface area contributed by atoms with Gasteiger partial charge < -0.3 is 8.92 Å². The van der Waals surface area contributed by atoms with Crippen molar-refractivity contribution in [2.24, 2.45) is 0 Å². The molecule has 0 saturated heterocycles. The standard InChI is InChI=1S/C8H10BO2S/c1-10-6-7-2-4-8(5-3-7)11-12-9/h2-5,9H,6H2,1H3/i9T. The number of rotatable bonds is 5. The van der Waals surface area contributed by atoms with E-state index in [4.69, 9.17) is 10.3 Å². The maximum Gasteiger partial charge on any atom is 0.227 e.